The number of ether oxygens (including phenoxy) is 1. The molecule has 3 rings (SSSR count). The summed E-state index contributed by atoms with van der Waals surface area (Å²) in [5.41, 5.74) is 8.61. The number of nitrogens with one attached hydrogen (secondary N) is 1. The maximum Gasteiger partial charge on any atom is 0.161 e. The van der Waals surface area contributed by atoms with Gasteiger partial charge in [-0.15, -0.1) is 0 Å². The van der Waals surface area contributed by atoms with Crippen LogP contribution in [0.15, 0.2) is 48.7 Å². The third-order valence-corrected chi connectivity index (χ3v) is 4.56. The van der Waals surface area contributed by atoms with Gasteiger partial charge in [0.25, 0.3) is 0 Å². The van der Waals surface area contributed by atoms with Crippen molar-refractivity contribution in [3.05, 3.63) is 54.4 Å². The number of hydrogen-bond acceptors (Lipinski definition) is 5. The standard InChI is InChI=1S/C22H28N4O/c1-3-4-5-8-16(2)25-20-13-22(23)24-14-21(20)27-15-18-12-11-17-9-6-7-10-19(17)26-18/h6-7,9-14,16H,3-5,8,15H2,1-2H3,(H3,23,24,25). The van der Waals surface area contributed by atoms with Gasteiger partial charge in [0.1, 0.15) is 12.4 Å². The van der Waals surface area contributed by atoms with E-state index in [9.17, 15) is 0 Å². The highest BCUT2D eigenvalue weighted by Gasteiger charge is 2.10. The summed E-state index contributed by atoms with van der Waals surface area (Å²) in [5, 5.41) is 4.63. The van der Waals surface area contributed by atoms with E-state index in [0.29, 0.717) is 24.2 Å². The van der Waals surface area contributed by atoms with E-state index in [1.165, 1.54) is 19.3 Å². The van der Waals surface area contributed by atoms with Gasteiger partial charge in [-0.05, 0) is 25.5 Å². The maximum absolute atomic E-state index is 6.01. The van der Waals surface area contributed by atoms with Gasteiger partial charge < -0.3 is 15.8 Å². The second-order valence-corrected chi connectivity index (χ2v) is 6.93. The Bertz CT molecular complexity index is 881. The summed E-state index contributed by atoms with van der Waals surface area (Å²) in [6.45, 7) is 4.78. The van der Waals surface area contributed by atoms with Crippen LogP contribution in [0.2, 0.25) is 0 Å². The summed E-state index contributed by atoms with van der Waals surface area (Å²) >= 11 is 0. The second-order valence-electron chi connectivity index (χ2n) is 6.93. The van der Waals surface area contributed by atoms with Crippen molar-refractivity contribution in [1.82, 2.24) is 9.97 Å². The molecule has 1 unspecified atom stereocenters. The number of nitrogens with two attached hydrogens (primary N) is 1. The summed E-state index contributed by atoms with van der Waals surface area (Å²) in [6, 6.07) is 14.3. The molecule has 2 aromatic heterocycles. The van der Waals surface area contributed by atoms with Crippen LogP contribution in [0.3, 0.4) is 0 Å². The smallest absolute Gasteiger partial charge is 0.161 e. The lowest BCUT2D eigenvalue weighted by Gasteiger charge is -2.18. The number of para-hydroxylation sites is 1. The van der Waals surface area contributed by atoms with Gasteiger partial charge in [0.05, 0.1) is 23.1 Å². The minimum atomic E-state index is 0.347. The fourth-order valence-electron chi connectivity index (χ4n) is 3.07. The molecule has 0 fully saturated rings. The highest BCUT2D eigenvalue weighted by Crippen LogP contribution is 2.27. The van der Waals surface area contributed by atoms with Crippen molar-refractivity contribution in [1.29, 1.82) is 0 Å². The fourth-order valence-corrected chi connectivity index (χ4v) is 3.07. The van der Waals surface area contributed by atoms with Crippen molar-refractivity contribution in [3.63, 3.8) is 0 Å². The molecule has 3 N–H and O–H groups in total. The predicted molar refractivity (Wildman–Crippen MR) is 112 cm³/mol. The summed E-state index contributed by atoms with van der Waals surface area (Å²) < 4.78 is 6.01. The van der Waals surface area contributed by atoms with Crippen LogP contribution in [-0.2, 0) is 6.61 Å². The van der Waals surface area contributed by atoms with Crippen LogP contribution in [0, 0.1) is 0 Å². The molecule has 1 aromatic carbocycles. The SMILES string of the molecule is CCCCCC(C)Nc1cc(N)ncc1OCc1ccc2ccccc2n1. The Morgan fingerprint density at radius 3 is 2.85 bits per heavy atom. The second kappa shape index (κ2) is 9.21. The lowest BCUT2D eigenvalue weighted by atomic mass is 10.1. The molecule has 0 bridgehead atoms. The van der Waals surface area contributed by atoms with Crippen molar-refractivity contribution < 1.29 is 4.74 Å². The Morgan fingerprint density at radius 2 is 2.00 bits per heavy atom. The first-order valence-electron chi connectivity index (χ1n) is 9.65. The zero-order valence-corrected chi connectivity index (χ0v) is 16.1. The number of fused-ring (bicyclic) bond motifs is 1. The monoisotopic (exact) mass is 364 g/mol. The molecule has 0 aliphatic rings. The summed E-state index contributed by atoms with van der Waals surface area (Å²) in [5.74, 6) is 1.18. The molecule has 0 saturated heterocycles. The van der Waals surface area contributed by atoms with Gasteiger partial charge in [0.2, 0.25) is 0 Å². The molecule has 0 aliphatic heterocycles. The van der Waals surface area contributed by atoms with Crippen LogP contribution in [0.25, 0.3) is 10.9 Å². The number of nitrogens with zero attached hydrogens (tertiary/aromatic N) is 2. The summed E-state index contributed by atoms with van der Waals surface area (Å²) in [7, 11) is 0. The van der Waals surface area contributed by atoms with Crippen molar-refractivity contribution in [3.8, 4) is 5.75 Å². The van der Waals surface area contributed by atoms with Crippen LogP contribution < -0.4 is 15.8 Å². The molecule has 5 nitrogen and oxygen atoms in total. The summed E-state index contributed by atoms with van der Waals surface area (Å²) in [6.07, 6.45) is 6.48. The van der Waals surface area contributed by atoms with Gasteiger partial charge >= 0.3 is 0 Å². The van der Waals surface area contributed by atoms with E-state index in [1.807, 2.05) is 30.3 Å². The minimum absolute atomic E-state index is 0.347. The van der Waals surface area contributed by atoms with E-state index in [2.05, 4.69) is 41.3 Å². The van der Waals surface area contributed by atoms with Crippen molar-refractivity contribution in [2.75, 3.05) is 11.1 Å². The number of benzene rings is 1. The van der Waals surface area contributed by atoms with Crippen molar-refractivity contribution in [2.24, 2.45) is 0 Å². The van der Waals surface area contributed by atoms with Gasteiger partial charge in [0, 0.05) is 17.5 Å². The number of aromatic nitrogens is 2. The Balaban J connectivity index is 1.68. The Morgan fingerprint density at radius 1 is 1.15 bits per heavy atom. The van der Waals surface area contributed by atoms with Crippen LogP contribution >= 0.6 is 0 Å². The lowest BCUT2D eigenvalue weighted by Crippen LogP contribution is -2.16. The van der Waals surface area contributed by atoms with E-state index in [0.717, 1.165) is 28.7 Å². The fraction of sp³-hybridized carbons (Fsp3) is 0.364. The van der Waals surface area contributed by atoms with Gasteiger partial charge in [-0.1, -0.05) is 50.5 Å². The van der Waals surface area contributed by atoms with E-state index in [1.54, 1.807) is 6.20 Å². The molecular formula is C22H28N4O. The molecule has 2 heterocycles. The van der Waals surface area contributed by atoms with E-state index in [-0.39, 0.29) is 0 Å². The van der Waals surface area contributed by atoms with Gasteiger partial charge in [-0.2, -0.15) is 0 Å². The minimum Gasteiger partial charge on any atom is -0.483 e. The average Bonchev–Trinajstić information content (AvgIpc) is 2.67. The van der Waals surface area contributed by atoms with Gasteiger partial charge in [-0.25, -0.2) is 9.97 Å². The molecule has 142 valence electrons. The Labute approximate surface area is 161 Å². The number of nitrogen functional groups attached to an aromatic ring is 1. The highest BCUT2D eigenvalue weighted by molar-refractivity contribution is 5.78. The normalized spacial score (nSPS) is 12.1. The lowest BCUT2D eigenvalue weighted by molar-refractivity contribution is 0.302. The Kier molecular flexibility index (Phi) is 6.47. The molecule has 0 aliphatic carbocycles. The average molecular weight is 364 g/mol. The number of anilines is 2. The molecule has 0 radical (unpaired) electrons. The Hall–Kier alpha value is -2.82. The van der Waals surface area contributed by atoms with Gasteiger partial charge in [-0.3, -0.25) is 0 Å². The van der Waals surface area contributed by atoms with Gasteiger partial charge in [0.15, 0.2) is 5.75 Å². The molecule has 5 heteroatoms. The predicted octanol–water partition coefficient (Wildman–Crippen LogP) is 5.17. The quantitative estimate of drug-likeness (QED) is 0.512. The number of rotatable bonds is 9. The van der Waals surface area contributed by atoms with Crippen molar-refractivity contribution in [2.45, 2.75) is 52.2 Å². The highest BCUT2D eigenvalue weighted by atomic mass is 16.5. The molecule has 27 heavy (non-hydrogen) atoms. The molecule has 0 amide bonds. The van der Waals surface area contributed by atoms with Crippen LogP contribution in [0.5, 0.6) is 5.75 Å². The molecule has 0 spiro atoms. The molecule has 1 atom stereocenters. The topological polar surface area (TPSA) is 73.1 Å². The number of unbranched alkanes of at least 4 members (excludes halogenated alkanes) is 2. The zero-order valence-electron chi connectivity index (χ0n) is 16.1. The molecular weight excluding hydrogens is 336 g/mol. The van der Waals surface area contributed by atoms with E-state index in [4.69, 9.17) is 10.5 Å². The first-order valence-corrected chi connectivity index (χ1v) is 9.65. The zero-order chi connectivity index (χ0) is 19.1. The van der Waals surface area contributed by atoms with E-state index >= 15 is 0 Å². The van der Waals surface area contributed by atoms with Crippen LogP contribution in [0.4, 0.5) is 11.5 Å². The molecule has 0 saturated carbocycles. The third-order valence-electron chi connectivity index (χ3n) is 4.56. The number of hydrogen-bond donors (Lipinski definition) is 2. The number of pyridine rings is 2. The first kappa shape index (κ1) is 19.0. The third kappa shape index (κ3) is 5.33. The first-order chi connectivity index (χ1) is 13.2. The van der Waals surface area contributed by atoms with Crippen molar-refractivity contribution >= 4 is 22.4 Å². The largest absolute Gasteiger partial charge is 0.483 e. The van der Waals surface area contributed by atoms with E-state index < -0.39 is 0 Å². The van der Waals surface area contributed by atoms with Crippen LogP contribution in [0.1, 0.15) is 45.2 Å². The maximum atomic E-state index is 6.01. The molecule has 3 aromatic rings. The van der Waals surface area contributed by atoms with Crippen LogP contribution in [-0.4, -0.2) is 16.0 Å². The summed E-state index contributed by atoms with van der Waals surface area (Å²) in [4.78, 5) is 8.83.